The molecule has 1 aromatic heterocycles. The Morgan fingerprint density at radius 2 is 2.33 bits per heavy atom. The van der Waals surface area contributed by atoms with E-state index in [1.54, 1.807) is 0 Å². The lowest BCUT2D eigenvalue weighted by Crippen LogP contribution is -2.20. The monoisotopic (exact) mass is 206 g/mol. The van der Waals surface area contributed by atoms with E-state index < -0.39 is 0 Å². The average molecular weight is 206 g/mol. The number of nitrogens with one attached hydrogen (secondary N) is 1. The van der Waals surface area contributed by atoms with Crippen molar-refractivity contribution in [2.75, 3.05) is 18.5 Å². The van der Waals surface area contributed by atoms with Gasteiger partial charge in [-0.25, -0.2) is 0 Å². The van der Waals surface area contributed by atoms with Gasteiger partial charge in [-0.05, 0) is 38.3 Å². The van der Waals surface area contributed by atoms with Gasteiger partial charge in [0.05, 0.1) is 11.4 Å². The summed E-state index contributed by atoms with van der Waals surface area (Å²) in [6, 6.07) is 4.60. The second kappa shape index (κ2) is 5.12. The molecule has 0 spiro atoms. The summed E-state index contributed by atoms with van der Waals surface area (Å²) in [7, 11) is 0. The number of pyridine rings is 1. The Labute approximate surface area is 90.9 Å². The van der Waals surface area contributed by atoms with Crippen LogP contribution in [0.1, 0.15) is 25.0 Å². The minimum Gasteiger partial charge on any atom is -0.381 e. The lowest BCUT2D eigenvalue weighted by atomic mass is 10.1. The van der Waals surface area contributed by atoms with Crippen molar-refractivity contribution in [2.24, 2.45) is 0 Å². The molecule has 82 valence electrons. The Balaban J connectivity index is 1.98. The van der Waals surface area contributed by atoms with Gasteiger partial charge in [0.25, 0.3) is 0 Å². The first-order valence-electron chi connectivity index (χ1n) is 5.62. The largest absolute Gasteiger partial charge is 0.381 e. The highest BCUT2D eigenvalue weighted by Gasteiger charge is 2.12. The molecule has 3 nitrogen and oxygen atoms in total. The van der Waals surface area contributed by atoms with E-state index >= 15 is 0 Å². The van der Waals surface area contributed by atoms with E-state index in [0.717, 1.165) is 37.4 Å². The zero-order valence-corrected chi connectivity index (χ0v) is 9.20. The molecule has 1 N–H and O–H groups in total. The SMILES string of the molecule is Cc1ncccc1NC1CCCOCC1. The third-order valence-electron chi connectivity index (χ3n) is 2.82. The lowest BCUT2D eigenvalue weighted by molar-refractivity contribution is 0.144. The molecule has 0 aliphatic carbocycles. The number of anilines is 1. The van der Waals surface area contributed by atoms with E-state index in [1.807, 2.05) is 19.2 Å². The lowest BCUT2D eigenvalue weighted by Gasteiger charge is -2.17. The zero-order chi connectivity index (χ0) is 10.5. The van der Waals surface area contributed by atoms with Crippen LogP contribution in [0.3, 0.4) is 0 Å². The van der Waals surface area contributed by atoms with Gasteiger partial charge in [-0.15, -0.1) is 0 Å². The van der Waals surface area contributed by atoms with Crippen molar-refractivity contribution in [3.05, 3.63) is 24.0 Å². The van der Waals surface area contributed by atoms with Gasteiger partial charge in [0.15, 0.2) is 0 Å². The summed E-state index contributed by atoms with van der Waals surface area (Å²) in [5, 5.41) is 3.55. The van der Waals surface area contributed by atoms with E-state index in [0.29, 0.717) is 6.04 Å². The molecule has 0 amide bonds. The van der Waals surface area contributed by atoms with Crippen LogP contribution in [0.15, 0.2) is 18.3 Å². The van der Waals surface area contributed by atoms with Gasteiger partial charge in [0.2, 0.25) is 0 Å². The first-order valence-corrected chi connectivity index (χ1v) is 5.62. The standard InChI is InChI=1S/C12H18N2O/c1-10-12(5-2-7-13-10)14-11-4-3-8-15-9-6-11/h2,5,7,11,14H,3-4,6,8-9H2,1H3. The van der Waals surface area contributed by atoms with E-state index in [9.17, 15) is 0 Å². The fourth-order valence-corrected chi connectivity index (χ4v) is 1.90. The molecule has 1 atom stereocenters. The number of hydrogen-bond acceptors (Lipinski definition) is 3. The topological polar surface area (TPSA) is 34.2 Å². The quantitative estimate of drug-likeness (QED) is 0.806. The predicted molar refractivity (Wildman–Crippen MR) is 61.1 cm³/mol. The van der Waals surface area contributed by atoms with Gasteiger partial charge in [0.1, 0.15) is 0 Å². The molecule has 15 heavy (non-hydrogen) atoms. The van der Waals surface area contributed by atoms with Crippen LogP contribution in [0.25, 0.3) is 0 Å². The highest BCUT2D eigenvalue weighted by Crippen LogP contribution is 2.17. The zero-order valence-electron chi connectivity index (χ0n) is 9.20. The minimum absolute atomic E-state index is 0.537. The summed E-state index contributed by atoms with van der Waals surface area (Å²) in [6.07, 6.45) is 5.26. The van der Waals surface area contributed by atoms with Gasteiger partial charge in [0, 0.05) is 25.5 Å². The highest BCUT2D eigenvalue weighted by atomic mass is 16.5. The molecule has 2 rings (SSSR count). The van der Waals surface area contributed by atoms with Crippen molar-refractivity contribution in [1.82, 2.24) is 4.98 Å². The molecule has 0 bridgehead atoms. The number of hydrogen-bond donors (Lipinski definition) is 1. The summed E-state index contributed by atoms with van der Waals surface area (Å²) in [6.45, 7) is 3.82. The van der Waals surface area contributed by atoms with Crippen LogP contribution in [-0.4, -0.2) is 24.2 Å². The second-order valence-electron chi connectivity index (χ2n) is 4.02. The van der Waals surface area contributed by atoms with Crippen LogP contribution in [0.5, 0.6) is 0 Å². The van der Waals surface area contributed by atoms with Crippen molar-refractivity contribution in [2.45, 2.75) is 32.2 Å². The van der Waals surface area contributed by atoms with E-state index in [-0.39, 0.29) is 0 Å². The molecular formula is C12H18N2O. The fraction of sp³-hybridized carbons (Fsp3) is 0.583. The van der Waals surface area contributed by atoms with Gasteiger partial charge in [-0.3, -0.25) is 4.98 Å². The van der Waals surface area contributed by atoms with Crippen molar-refractivity contribution in [3.8, 4) is 0 Å². The fourth-order valence-electron chi connectivity index (χ4n) is 1.90. The molecule has 2 heterocycles. The maximum Gasteiger partial charge on any atom is 0.0603 e. The van der Waals surface area contributed by atoms with Crippen LogP contribution in [0.4, 0.5) is 5.69 Å². The Morgan fingerprint density at radius 1 is 1.40 bits per heavy atom. The maximum absolute atomic E-state index is 5.44. The highest BCUT2D eigenvalue weighted by molar-refractivity contribution is 5.47. The maximum atomic E-state index is 5.44. The van der Waals surface area contributed by atoms with Crippen LogP contribution in [-0.2, 0) is 4.74 Å². The Morgan fingerprint density at radius 3 is 3.20 bits per heavy atom. The molecule has 0 saturated carbocycles. The van der Waals surface area contributed by atoms with E-state index in [2.05, 4.69) is 16.4 Å². The third kappa shape index (κ3) is 2.93. The normalized spacial score (nSPS) is 22.1. The molecule has 1 fully saturated rings. The van der Waals surface area contributed by atoms with E-state index in [1.165, 1.54) is 6.42 Å². The van der Waals surface area contributed by atoms with E-state index in [4.69, 9.17) is 4.74 Å². The molecule has 1 aromatic rings. The molecule has 0 aromatic carbocycles. The number of aryl methyl sites for hydroxylation is 1. The Hall–Kier alpha value is -1.09. The number of ether oxygens (including phenoxy) is 1. The Kier molecular flexibility index (Phi) is 3.56. The van der Waals surface area contributed by atoms with Crippen molar-refractivity contribution in [1.29, 1.82) is 0 Å². The molecule has 1 saturated heterocycles. The molecule has 1 aliphatic rings. The van der Waals surface area contributed by atoms with Crippen LogP contribution < -0.4 is 5.32 Å². The predicted octanol–water partition coefficient (Wildman–Crippen LogP) is 2.37. The van der Waals surface area contributed by atoms with Crippen molar-refractivity contribution < 1.29 is 4.74 Å². The number of nitrogens with zero attached hydrogens (tertiary/aromatic N) is 1. The van der Waals surface area contributed by atoms with Gasteiger partial charge in [-0.1, -0.05) is 0 Å². The van der Waals surface area contributed by atoms with Crippen LogP contribution in [0, 0.1) is 6.92 Å². The first kappa shape index (κ1) is 10.4. The summed E-state index contributed by atoms with van der Waals surface area (Å²) in [5.41, 5.74) is 2.23. The summed E-state index contributed by atoms with van der Waals surface area (Å²) >= 11 is 0. The number of aromatic nitrogens is 1. The van der Waals surface area contributed by atoms with Crippen molar-refractivity contribution in [3.63, 3.8) is 0 Å². The minimum atomic E-state index is 0.537. The summed E-state index contributed by atoms with van der Waals surface area (Å²) in [5.74, 6) is 0. The molecule has 1 unspecified atom stereocenters. The summed E-state index contributed by atoms with van der Waals surface area (Å²) in [4.78, 5) is 4.27. The molecule has 1 aliphatic heterocycles. The van der Waals surface area contributed by atoms with Crippen LogP contribution >= 0.6 is 0 Å². The third-order valence-corrected chi connectivity index (χ3v) is 2.82. The summed E-state index contributed by atoms with van der Waals surface area (Å²) < 4.78 is 5.44. The Bertz CT molecular complexity index is 306. The first-order chi connectivity index (χ1) is 7.36. The van der Waals surface area contributed by atoms with Crippen LogP contribution in [0.2, 0.25) is 0 Å². The second-order valence-corrected chi connectivity index (χ2v) is 4.02. The van der Waals surface area contributed by atoms with Gasteiger partial charge in [-0.2, -0.15) is 0 Å². The molecular weight excluding hydrogens is 188 g/mol. The van der Waals surface area contributed by atoms with Crippen molar-refractivity contribution >= 4 is 5.69 Å². The molecule has 0 radical (unpaired) electrons. The molecule has 3 heteroatoms. The smallest absolute Gasteiger partial charge is 0.0603 e. The van der Waals surface area contributed by atoms with Gasteiger partial charge >= 0.3 is 0 Å². The average Bonchev–Trinajstić information content (AvgIpc) is 2.50. The number of rotatable bonds is 2. The van der Waals surface area contributed by atoms with Gasteiger partial charge < -0.3 is 10.1 Å².